The van der Waals surface area contributed by atoms with E-state index in [1.54, 1.807) is 0 Å². The molecule has 0 aliphatic carbocycles. The molecule has 0 aliphatic rings. The Bertz CT molecular complexity index is 1720. The minimum absolute atomic E-state index is 0.102. The lowest BCUT2D eigenvalue weighted by Gasteiger charge is -2.21. The number of ether oxygens (including phenoxy) is 4. The van der Waals surface area contributed by atoms with Gasteiger partial charge in [-0.25, -0.2) is 9.13 Å². The Morgan fingerprint density at radius 1 is 0.326 bits per heavy atom. The topological polar surface area (TPSA) is 237 Å². The molecule has 0 radical (unpaired) electrons. The van der Waals surface area contributed by atoms with Crippen molar-refractivity contribution in [2.24, 2.45) is 23.7 Å². The van der Waals surface area contributed by atoms with Gasteiger partial charge in [-0.05, 0) is 49.4 Å². The van der Waals surface area contributed by atoms with Gasteiger partial charge in [-0.3, -0.25) is 37.3 Å². The molecule has 3 N–H and O–H groups in total. The highest BCUT2D eigenvalue weighted by Gasteiger charge is 2.30. The van der Waals surface area contributed by atoms with Gasteiger partial charge >= 0.3 is 39.5 Å². The minimum Gasteiger partial charge on any atom is -0.462 e. The molecule has 86 heavy (non-hydrogen) atoms. The van der Waals surface area contributed by atoms with E-state index in [1.165, 1.54) is 122 Å². The van der Waals surface area contributed by atoms with Crippen LogP contribution in [0, 0.1) is 23.7 Å². The molecule has 0 aliphatic heterocycles. The maximum absolute atomic E-state index is 13.0. The van der Waals surface area contributed by atoms with Crippen LogP contribution < -0.4 is 0 Å². The van der Waals surface area contributed by atoms with E-state index >= 15 is 0 Å². The largest absolute Gasteiger partial charge is 0.472 e. The summed E-state index contributed by atoms with van der Waals surface area (Å²) in [5, 5.41) is 10.6. The van der Waals surface area contributed by atoms with Gasteiger partial charge in [-0.2, -0.15) is 0 Å². The third kappa shape index (κ3) is 59.7. The molecule has 510 valence electrons. The van der Waals surface area contributed by atoms with E-state index < -0.39 is 97.5 Å². The second-order valence-electron chi connectivity index (χ2n) is 25.9. The van der Waals surface area contributed by atoms with Crippen LogP contribution in [0.5, 0.6) is 0 Å². The van der Waals surface area contributed by atoms with Crippen molar-refractivity contribution in [3.63, 3.8) is 0 Å². The van der Waals surface area contributed by atoms with Crippen LogP contribution in [-0.2, 0) is 65.4 Å². The number of unbranched alkanes of at least 4 members (excludes halogenated alkanes) is 29. The molecule has 0 aromatic carbocycles. The zero-order valence-corrected chi connectivity index (χ0v) is 57.7. The van der Waals surface area contributed by atoms with Crippen LogP contribution in [0.2, 0.25) is 0 Å². The summed E-state index contributed by atoms with van der Waals surface area (Å²) in [6, 6.07) is 0. The van der Waals surface area contributed by atoms with Crippen molar-refractivity contribution in [3.8, 4) is 0 Å². The van der Waals surface area contributed by atoms with Crippen LogP contribution in [-0.4, -0.2) is 96.7 Å². The van der Waals surface area contributed by atoms with E-state index in [-0.39, 0.29) is 25.7 Å². The summed E-state index contributed by atoms with van der Waals surface area (Å²) in [7, 11) is -9.90. The van der Waals surface area contributed by atoms with Crippen LogP contribution >= 0.6 is 15.6 Å². The smallest absolute Gasteiger partial charge is 0.462 e. The molecule has 17 nitrogen and oxygen atoms in total. The number of phosphoric ester groups is 2. The molecule has 0 saturated heterocycles. The molecular weight excluding hydrogens is 1140 g/mol. The lowest BCUT2D eigenvalue weighted by molar-refractivity contribution is -0.161. The summed E-state index contributed by atoms with van der Waals surface area (Å²) in [5.74, 6) is 0.797. The monoisotopic (exact) mass is 1270 g/mol. The molecule has 0 fully saturated rings. The van der Waals surface area contributed by atoms with Crippen molar-refractivity contribution in [3.05, 3.63) is 0 Å². The van der Waals surface area contributed by atoms with E-state index in [9.17, 15) is 43.2 Å². The van der Waals surface area contributed by atoms with Gasteiger partial charge in [0.2, 0.25) is 0 Å². The van der Waals surface area contributed by atoms with Gasteiger partial charge in [-0.15, -0.1) is 0 Å². The zero-order valence-electron chi connectivity index (χ0n) is 55.9. The first kappa shape index (κ1) is 84.1. The van der Waals surface area contributed by atoms with Gasteiger partial charge in [0, 0.05) is 25.7 Å². The molecule has 0 aromatic heterocycles. The van der Waals surface area contributed by atoms with E-state index in [1.807, 2.05) is 0 Å². The Balaban J connectivity index is 5.25. The van der Waals surface area contributed by atoms with Gasteiger partial charge in [0.15, 0.2) is 12.2 Å². The molecule has 0 aromatic rings. The van der Waals surface area contributed by atoms with E-state index in [2.05, 4.69) is 55.4 Å². The maximum atomic E-state index is 13.0. The number of aliphatic hydroxyl groups excluding tert-OH is 1. The number of carbonyl (C=O) groups excluding carboxylic acids is 4. The maximum Gasteiger partial charge on any atom is 0.472 e. The Morgan fingerprint density at radius 3 is 0.826 bits per heavy atom. The number of hydrogen-bond donors (Lipinski definition) is 3. The number of carbonyl (C=O) groups is 4. The second-order valence-corrected chi connectivity index (χ2v) is 28.8. The normalized spacial score (nSPS) is 14.7. The predicted octanol–water partition coefficient (Wildman–Crippen LogP) is 18.5. The summed E-state index contributed by atoms with van der Waals surface area (Å²) in [6.45, 7) is 14.0. The molecule has 0 amide bonds. The Kier molecular flexibility index (Phi) is 55.7. The third-order valence-electron chi connectivity index (χ3n) is 15.7. The summed E-state index contributed by atoms with van der Waals surface area (Å²) in [6.07, 6.45) is 37.7. The molecule has 0 saturated carbocycles. The van der Waals surface area contributed by atoms with Gasteiger partial charge in [0.05, 0.1) is 26.4 Å². The van der Waals surface area contributed by atoms with Crippen molar-refractivity contribution in [1.82, 2.24) is 0 Å². The first-order valence-corrected chi connectivity index (χ1v) is 37.7. The molecule has 0 rings (SSSR count). The number of esters is 4. The Morgan fingerprint density at radius 2 is 0.558 bits per heavy atom. The van der Waals surface area contributed by atoms with Crippen LogP contribution in [0.1, 0.15) is 325 Å². The van der Waals surface area contributed by atoms with Crippen LogP contribution in [0.15, 0.2) is 0 Å². The van der Waals surface area contributed by atoms with Crippen molar-refractivity contribution in [2.45, 2.75) is 343 Å². The van der Waals surface area contributed by atoms with Crippen molar-refractivity contribution in [2.75, 3.05) is 39.6 Å². The Hall–Kier alpha value is -1.94. The Labute approximate surface area is 524 Å². The standard InChI is InChI=1S/C67H130O17P2/c1-9-60(8)46-38-30-25-26-32-40-48-65(70)78-54-63(84-67(72)50-42-34-24-18-21-29-37-45-59(6)7)56-82-86(75,76)80-52-61(68)51-79-85(73,74)81-55-62(83-66(71)49-41-33-23-17-13-15-20-28-36-44-58(4)5)53-77-64(69)47-39-31-22-16-12-10-11-14-19-27-35-43-57(2)3/h57-63,68H,9-56H2,1-8H3,(H,73,74)(H,75,76)/t60?,61-,62-,63-/m1/s1. The minimum atomic E-state index is -4.95. The van der Waals surface area contributed by atoms with Gasteiger partial charge in [0.25, 0.3) is 0 Å². The molecule has 0 bridgehead atoms. The molecule has 19 heteroatoms. The highest BCUT2D eigenvalue weighted by atomic mass is 31.2. The highest BCUT2D eigenvalue weighted by Crippen LogP contribution is 2.45. The van der Waals surface area contributed by atoms with Crippen molar-refractivity contribution in [1.29, 1.82) is 0 Å². The first-order chi connectivity index (χ1) is 41.1. The number of hydrogen-bond acceptors (Lipinski definition) is 15. The van der Waals surface area contributed by atoms with E-state index in [4.69, 9.17) is 37.0 Å². The first-order valence-electron chi connectivity index (χ1n) is 34.7. The predicted molar refractivity (Wildman–Crippen MR) is 344 cm³/mol. The third-order valence-corrected chi connectivity index (χ3v) is 17.6. The fourth-order valence-electron chi connectivity index (χ4n) is 9.93. The molecular formula is C67H130O17P2. The van der Waals surface area contributed by atoms with Crippen molar-refractivity contribution >= 4 is 39.5 Å². The van der Waals surface area contributed by atoms with Crippen LogP contribution in [0.3, 0.4) is 0 Å². The second kappa shape index (κ2) is 57.0. The molecule has 0 heterocycles. The summed E-state index contributed by atoms with van der Waals surface area (Å²) < 4.78 is 68.1. The number of phosphoric acid groups is 2. The molecule has 0 spiro atoms. The molecule has 6 atom stereocenters. The zero-order chi connectivity index (χ0) is 63.9. The lowest BCUT2D eigenvalue weighted by atomic mass is 10.00. The fraction of sp³-hybridized carbons (Fsp3) is 0.940. The highest BCUT2D eigenvalue weighted by molar-refractivity contribution is 7.47. The summed E-state index contributed by atoms with van der Waals surface area (Å²) in [5.41, 5.74) is 0. The van der Waals surface area contributed by atoms with Gasteiger partial charge in [0.1, 0.15) is 19.3 Å². The lowest BCUT2D eigenvalue weighted by Crippen LogP contribution is -2.30. The van der Waals surface area contributed by atoms with E-state index in [0.717, 1.165) is 114 Å². The average Bonchev–Trinajstić information content (AvgIpc) is 3.52. The summed E-state index contributed by atoms with van der Waals surface area (Å²) in [4.78, 5) is 72.4. The number of aliphatic hydroxyl groups is 1. The van der Waals surface area contributed by atoms with E-state index in [0.29, 0.717) is 31.6 Å². The fourth-order valence-corrected chi connectivity index (χ4v) is 11.5. The summed E-state index contributed by atoms with van der Waals surface area (Å²) >= 11 is 0. The van der Waals surface area contributed by atoms with Gasteiger partial charge in [-0.1, -0.05) is 274 Å². The van der Waals surface area contributed by atoms with Crippen LogP contribution in [0.4, 0.5) is 0 Å². The average molecular weight is 1270 g/mol. The van der Waals surface area contributed by atoms with Crippen molar-refractivity contribution < 1.29 is 80.2 Å². The molecule has 3 unspecified atom stereocenters. The van der Waals surface area contributed by atoms with Gasteiger partial charge < -0.3 is 33.8 Å². The van der Waals surface area contributed by atoms with Crippen LogP contribution in [0.25, 0.3) is 0 Å². The quantitative estimate of drug-likeness (QED) is 0.0222. The SMILES string of the molecule is CCC(C)CCCCCCCCC(=O)OC[C@H](COP(=O)(O)OC[C@H](O)COP(=O)(O)OC[C@@H](COC(=O)CCCCCCCCCCCCCC(C)C)OC(=O)CCCCCCCCCCCC(C)C)OC(=O)CCCCCCCCCC(C)C. The number of rotatable bonds is 64.